The number of piperazine rings is 1. The van der Waals surface area contributed by atoms with Crippen molar-refractivity contribution in [1.29, 1.82) is 0 Å². The maximum absolute atomic E-state index is 13.5. The molecule has 7 nitrogen and oxygen atoms in total. The molecule has 2 aromatic carbocycles. The highest BCUT2D eigenvalue weighted by Crippen LogP contribution is 2.34. The normalized spacial score (nSPS) is 14.6. The molecule has 2 aromatic heterocycles. The highest BCUT2D eigenvalue weighted by Gasteiger charge is 2.28. The monoisotopic (exact) mass is 494 g/mol. The maximum atomic E-state index is 13.5. The summed E-state index contributed by atoms with van der Waals surface area (Å²) in [5.74, 6) is 1.88. The highest BCUT2D eigenvalue weighted by molar-refractivity contribution is 8.00. The fourth-order valence-electron chi connectivity index (χ4n) is 4.13. The minimum atomic E-state index is -0.0376. The van der Waals surface area contributed by atoms with Gasteiger partial charge in [0.1, 0.15) is 16.3 Å². The molecular formula is C25H26N4O3S2. The summed E-state index contributed by atoms with van der Waals surface area (Å²) in [5, 5.41) is 10.2. The number of rotatable bonds is 7. The molecule has 0 spiro atoms. The first kappa shape index (κ1) is 22.9. The van der Waals surface area contributed by atoms with E-state index in [1.165, 1.54) is 5.56 Å². The number of carbonyl (C=O) groups is 1. The summed E-state index contributed by atoms with van der Waals surface area (Å²) in [5.41, 5.74) is 2.91. The predicted octanol–water partition coefficient (Wildman–Crippen LogP) is 4.85. The molecule has 1 aliphatic heterocycles. The fourth-order valence-corrected chi connectivity index (χ4v) is 5.97. The largest absolute Gasteiger partial charge is 0.497 e. The number of ether oxygens (including phenoxy) is 1. The van der Waals surface area contributed by atoms with Crippen molar-refractivity contribution >= 4 is 40.0 Å². The Bertz CT molecular complexity index is 1280. The van der Waals surface area contributed by atoms with Crippen LogP contribution in [0.25, 0.3) is 11.0 Å². The number of para-hydroxylation sites is 1. The average molecular weight is 495 g/mol. The molecule has 1 saturated heterocycles. The molecule has 0 saturated carbocycles. The summed E-state index contributed by atoms with van der Waals surface area (Å²) in [6.45, 7) is 5.80. The quantitative estimate of drug-likeness (QED) is 0.340. The number of methoxy groups -OCH3 is 1. The summed E-state index contributed by atoms with van der Waals surface area (Å²) in [6.07, 6.45) is 0. The lowest BCUT2D eigenvalue weighted by Crippen LogP contribution is -2.48. The van der Waals surface area contributed by atoms with Crippen molar-refractivity contribution in [2.75, 3.05) is 33.3 Å². The number of hydrogen-bond donors (Lipinski definition) is 0. The third-order valence-corrected chi connectivity index (χ3v) is 7.96. The Kier molecular flexibility index (Phi) is 6.85. The van der Waals surface area contributed by atoms with Crippen LogP contribution in [0, 0.1) is 6.92 Å². The van der Waals surface area contributed by atoms with Crippen LogP contribution in [0.15, 0.2) is 57.3 Å². The molecule has 34 heavy (non-hydrogen) atoms. The molecule has 4 aromatic rings. The van der Waals surface area contributed by atoms with E-state index in [0.29, 0.717) is 24.6 Å². The van der Waals surface area contributed by atoms with Gasteiger partial charge in [0.15, 0.2) is 10.1 Å². The van der Waals surface area contributed by atoms with Crippen LogP contribution >= 0.6 is 23.1 Å². The molecule has 3 heterocycles. The molecule has 176 valence electrons. The summed E-state index contributed by atoms with van der Waals surface area (Å²) in [6, 6.07) is 16.0. The molecule has 0 radical (unpaired) electrons. The van der Waals surface area contributed by atoms with Crippen molar-refractivity contribution in [3.63, 3.8) is 0 Å². The van der Waals surface area contributed by atoms with Crippen LogP contribution < -0.4 is 4.74 Å². The zero-order valence-corrected chi connectivity index (χ0v) is 20.8. The number of carbonyl (C=O) groups excluding carboxylic acids is 1. The van der Waals surface area contributed by atoms with Crippen molar-refractivity contribution in [3.05, 3.63) is 70.4 Å². The number of furan rings is 1. The van der Waals surface area contributed by atoms with Crippen LogP contribution in [0.4, 0.5) is 0 Å². The van der Waals surface area contributed by atoms with Gasteiger partial charge in [0, 0.05) is 49.4 Å². The number of aryl methyl sites for hydroxylation is 1. The lowest BCUT2D eigenvalue weighted by molar-refractivity contribution is 0.0599. The van der Waals surface area contributed by atoms with Crippen molar-refractivity contribution < 1.29 is 13.9 Å². The summed E-state index contributed by atoms with van der Waals surface area (Å²) >= 11 is 3.16. The second-order valence-electron chi connectivity index (χ2n) is 8.20. The summed E-state index contributed by atoms with van der Waals surface area (Å²) in [7, 11) is 1.68. The number of amides is 1. The van der Waals surface area contributed by atoms with Crippen LogP contribution in [0.3, 0.4) is 0 Å². The van der Waals surface area contributed by atoms with E-state index in [-0.39, 0.29) is 5.91 Å². The predicted molar refractivity (Wildman–Crippen MR) is 135 cm³/mol. The van der Waals surface area contributed by atoms with E-state index in [1.807, 2.05) is 48.2 Å². The van der Waals surface area contributed by atoms with Crippen molar-refractivity contribution in [2.45, 2.75) is 23.6 Å². The third-order valence-electron chi connectivity index (χ3n) is 5.96. The Morgan fingerprint density at radius 3 is 2.56 bits per heavy atom. The average Bonchev–Trinajstić information content (AvgIpc) is 3.46. The standard InChI is InChI=1S/C25H26N4O3S2/c1-17-26-27-25(34-17)33-16-21-20-5-3-4-6-22(20)32-23(21)24(30)29-13-11-28(12-14-29)15-18-7-9-19(31-2)10-8-18/h3-10H,11-16H2,1-2H3. The van der Waals surface area contributed by atoms with Gasteiger partial charge < -0.3 is 14.1 Å². The van der Waals surface area contributed by atoms with Crippen molar-refractivity contribution in [3.8, 4) is 5.75 Å². The Hall–Kier alpha value is -2.88. The first-order valence-corrected chi connectivity index (χ1v) is 13.0. The second-order valence-corrected chi connectivity index (χ2v) is 10.6. The number of fused-ring (bicyclic) bond motifs is 1. The SMILES string of the molecule is COc1ccc(CN2CCN(C(=O)c3oc4ccccc4c3CSc3nnc(C)s3)CC2)cc1. The maximum Gasteiger partial charge on any atom is 0.290 e. The molecule has 0 N–H and O–H groups in total. The smallest absolute Gasteiger partial charge is 0.290 e. The van der Waals surface area contributed by atoms with E-state index in [0.717, 1.165) is 51.3 Å². The molecule has 0 unspecified atom stereocenters. The van der Waals surface area contributed by atoms with Gasteiger partial charge in [-0.25, -0.2) is 0 Å². The fraction of sp³-hybridized carbons (Fsp3) is 0.320. The minimum absolute atomic E-state index is 0.0376. The zero-order valence-electron chi connectivity index (χ0n) is 19.2. The van der Waals surface area contributed by atoms with Gasteiger partial charge in [-0.1, -0.05) is 53.4 Å². The number of thioether (sulfide) groups is 1. The lowest BCUT2D eigenvalue weighted by atomic mass is 10.1. The second kappa shape index (κ2) is 10.2. The molecular weight excluding hydrogens is 468 g/mol. The van der Waals surface area contributed by atoms with E-state index in [4.69, 9.17) is 9.15 Å². The molecule has 1 fully saturated rings. The van der Waals surface area contributed by atoms with Crippen LogP contribution in [-0.2, 0) is 12.3 Å². The minimum Gasteiger partial charge on any atom is -0.497 e. The van der Waals surface area contributed by atoms with Gasteiger partial charge in [-0.2, -0.15) is 0 Å². The van der Waals surface area contributed by atoms with E-state index in [2.05, 4.69) is 27.2 Å². The highest BCUT2D eigenvalue weighted by atomic mass is 32.2. The van der Waals surface area contributed by atoms with Gasteiger partial charge in [-0.05, 0) is 30.7 Å². The van der Waals surface area contributed by atoms with E-state index in [1.54, 1.807) is 30.2 Å². The Labute approximate surface area is 206 Å². The van der Waals surface area contributed by atoms with E-state index >= 15 is 0 Å². The number of nitrogens with zero attached hydrogens (tertiary/aromatic N) is 4. The molecule has 5 rings (SSSR count). The van der Waals surface area contributed by atoms with Gasteiger partial charge >= 0.3 is 0 Å². The topological polar surface area (TPSA) is 71.7 Å². The molecule has 0 bridgehead atoms. The third kappa shape index (κ3) is 4.96. The van der Waals surface area contributed by atoms with Gasteiger partial charge in [-0.3, -0.25) is 9.69 Å². The van der Waals surface area contributed by atoms with Crippen LogP contribution in [0.2, 0.25) is 0 Å². The van der Waals surface area contributed by atoms with E-state index < -0.39 is 0 Å². The van der Waals surface area contributed by atoms with Crippen LogP contribution in [-0.4, -0.2) is 59.2 Å². The van der Waals surface area contributed by atoms with Gasteiger partial charge in [0.25, 0.3) is 5.91 Å². The number of benzene rings is 2. The zero-order chi connectivity index (χ0) is 23.5. The van der Waals surface area contributed by atoms with E-state index in [9.17, 15) is 4.79 Å². The lowest BCUT2D eigenvalue weighted by Gasteiger charge is -2.34. The van der Waals surface area contributed by atoms with Crippen molar-refractivity contribution in [1.82, 2.24) is 20.0 Å². The van der Waals surface area contributed by atoms with Gasteiger partial charge in [-0.15, -0.1) is 10.2 Å². The Morgan fingerprint density at radius 1 is 1.09 bits per heavy atom. The van der Waals surface area contributed by atoms with Gasteiger partial charge in [0.2, 0.25) is 0 Å². The molecule has 0 atom stereocenters. The first-order chi connectivity index (χ1) is 16.6. The number of hydrogen-bond acceptors (Lipinski definition) is 8. The first-order valence-electron chi connectivity index (χ1n) is 11.2. The Balaban J connectivity index is 1.27. The van der Waals surface area contributed by atoms with Crippen molar-refractivity contribution in [2.24, 2.45) is 0 Å². The van der Waals surface area contributed by atoms with Crippen LogP contribution in [0.5, 0.6) is 5.75 Å². The number of aromatic nitrogens is 2. The summed E-state index contributed by atoms with van der Waals surface area (Å²) < 4.78 is 12.2. The molecule has 1 aliphatic rings. The molecule has 1 amide bonds. The molecule has 0 aliphatic carbocycles. The van der Waals surface area contributed by atoms with Crippen LogP contribution in [0.1, 0.15) is 26.7 Å². The summed E-state index contributed by atoms with van der Waals surface area (Å²) in [4.78, 5) is 17.8. The molecule has 9 heteroatoms. The Morgan fingerprint density at radius 2 is 1.85 bits per heavy atom. The van der Waals surface area contributed by atoms with Gasteiger partial charge in [0.05, 0.1) is 7.11 Å².